The number of nitrogens with one attached hydrogen (secondary N) is 2. The van der Waals surface area contributed by atoms with E-state index < -0.39 is 22.0 Å². The molecule has 0 aromatic heterocycles. The molecule has 0 fully saturated rings. The smallest absolute Gasteiger partial charge is 0.317 e. The summed E-state index contributed by atoms with van der Waals surface area (Å²) in [6.45, 7) is 10.2. The van der Waals surface area contributed by atoms with E-state index >= 15 is 0 Å². The van der Waals surface area contributed by atoms with Crippen LogP contribution in [-0.4, -0.2) is 92.9 Å². The van der Waals surface area contributed by atoms with Crippen LogP contribution >= 0.6 is 0 Å². The number of aliphatic hydroxyl groups is 1. The van der Waals surface area contributed by atoms with Gasteiger partial charge in [-0.2, -0.15) is 0 Å². The first-order valence-electron chi connectivity index (χ1n) is 15.3. The molecule has 3 amide bonds. The van der Waals surface area contributed by atoms with Crippen LogP contribution in [0, 0.1) is 5.92 Å². The number of benzene rings is 2. The molecule has 0 saturated heterocycles. The van der Waals surface area contributed by atoms with Gasteiger partial charge in [-0.25, -0.2) is 13.2 Å². The van der Waals surface area contributed by atoms with Crippen molar-refractivity contribution in [3.63, 3.8) is 0 Å². The van der Waals surface area contributed by atoms with Crippen molar-refractivity contribution in [3.05, 3.63) is 54.1 Å². The molecule has 44 heavy (non-hydrogen) atoms. The van der Waals surface area contributed by atoms with Crippen LogP contribution in [0.1, 0.15) is 64.2 Å². The average Bonchev–Trinajstić information content (AvgIpc) is 2.98. The van der Waals surface area contributed by atoms with E-state index in [9.17, 15) is 23.1 Å². The Morgan fingerprint density at radius 1 is 1.11 bits per heavy atom. The molecule has 244 valence electrons. The van der Waals surface area contributed by atoms with Crippen LogP contribution in [0.15, 0.2) is 53.4 Å². The van der Waals surface area contributed by atoms with Crippen LogP contribution in [0.2, 0.25) is 0 Å². The highest BCUT2D eigenvalue weighted by Gasteiger charge is 2.31. The number of carbonyl (C=O) groups is 2. The topological polar surface area (TPSA) is 138 Å². The van der Waals surface area contributed by atoms with E-state index in [4.69, 9.17) is 9.47 Å². The molecule has 2 aromatic rings. The molecule has 1 aliphatic heterocycles. The Morgan fingerprint density at radius 3 is 2.48 bits per heavy atom. The zero-order valence-corrected chi connectivity index (χ0v) is 27.5. The first kappa shape index (κ1) is 35.1. The Balaban J connectivity index is 1.98. The summed E-state index contributed by atoms with van der Waals surface area (Å²) >= 11 is 0. The number of fused-ring (bicyclic) bond motifs is 1. The van der Waals surface area contributed by atoms with E-state index in [1.165, 1.54) is 18.2 Å². The molecule has 4 atom stereocenters. The van der Waals surface area contributed by atoms with E-state index in [0.29, 0.717) is 25.3 Å². The maximum absolute atomic E-state index is 14.2. The number of likely N-dealkylation sites (N-methyl/N-ethyl adjacent to an activating group) is 1. The number of urea groups is 1. The first-order chi connectivity index (χ1) is 20.8. The maximum atomic E-state index is 14.2. The summed E-state index contributed by atoms with van der Waals surface area (Å²) in [6, 6.07) is 11.9. The van der Waals surface area contributed by atoms with Crippen molar-refractivity contribution in [2.75, 3.05) is 38.1 Å². The molecule has 0 radical (unpaired) electrons. The average molecular weight is 633 g/mol. The summed E-state index contributed by atoms with van der Waals surface area (Å²) in [6.07, 6.45) is 1.74. The van der Waals surface area contributed by atoms with E-state index in [-0.39, 0.29) is 59.5 Å². The minimum absolute atomic E-state index is 0.0165. The second-order valence-electron chi connectivity index (χ2n) is 11.9. The van der Waals surface area contributed by atoms with Crippen molar-refractivity contribution in [1.82, 2.24) is 15.1 Å². The predicted octanol–water partition coefficient (Wildman–Crippen LogP) is 4.33. The van der Waals surface area contributed by atoms with Gasteiger partial charge in [0.1, 0.15) is 5.75 Å². The van der Waals surface area contributed by atoms with Crippen LogP contribution in [0.3, 0.4) is 0 Å². The number of aliphatic hydroxyl groups excluding tert-OH is 1. The molecule has 0 bridgehead atoms. The van der Waals surface area contributed by atoms with Crippen LogP contribution in [0.25, 0.3) is 0 Å². The zero-order valence-electron chi connectivity index (χ0n) is 26.7. The molecule has 0 spiro atoms. The summed E-state index contributed by atoms with van der Waals surface area (Å²) in [4.78, 5) is 30.1. The van der Waals surface area contributed by atoms with Gasteiger partial charge in [-0.05, 0) is 77.3 Å². The fraction of sp³-hybridized carbons (Fsp3) is 0.562. The van der Waals surface area contributed by atoms with Crippen molar-refractivity contribution in [2.24, 2.45) is 5.92 Å². The van der Waals surface area contributed by atoms with Gasteiger partial charge in [0.25, 0.3) is 15.9 Å². The largest absolute Gasteiger partial charge is 0.490 e. The van der Waals surface area contributed by atoms with Crippen LogP contribution in [0.4, 0.5) is 10.5 Å². The van der Waals surface area contributed by atoms with Crippen LogP contribution in [-0.2, 0) is 14.8 Å². The number of amides is 3. The fourth-order valence-corrected chi connectivity index (χ4v) is 6.04. The molecule has 12 heteroatoms. The van der Waals surface area contributed by atoms with Gasteiger partial charge in [-0.1, -0.05) is 25.1 Å². The summed E-state index contributed by atoms with van der Waals surface area (Å²) in [7, 11) is -2.19. The normalized spacial score (nSPS) is 21.0. The second-order valence-corrected chi connectivity index (χ2v) is 13.6. The summed E-state index contributed by atoms with van der Waals surface area (Å²) in [5.74, 6) is -0.292. The number of ether oxygens (including phenoxy) is 2. The molecule has 1 heterocycles. The Kier molecular flexibility index (Phi) is 12.9. The Bertz CT molecular complexity index is 1340. The molecular formula is C32H48N4O7S. The predicted molar refractivity (Wildman–Crippen MR) is 170 cm³/mol. The number of rotatable bonds is 8. The molecule has 3 rings (SSSR count). The number of carbonyl (C=O) groups excluding carboxylic acids is 2. The highest BCUT2D eigenvalue weighted by molar-refractivity contribution is 7.92. The highest BCUT2D eigenvalue weighted by Crippen LogP contribution is 2.29. The van der Waals surface area contributed by atoms with E-state index in [2.05, 4.69) is 10.0 Å². The third-order valence-electron chi connectivity index (χ3n) is 7.57. The molecule has 2 aromatic carbocycles. The second kappa shape index (κ2) is 16.1. The Morgan fingerprint density at radius 2 is 1.82 bits per heavy atom. The molecular weight excluding hydrogens is 584 g/mol. The number of hydrogen-bond donors (Lipinski definition) is 3. The minimum atomic E-state index is -3.90. The van der Waals surface area contributed by atoms with Gasteiger partial charge < -0.3 is 29.7 Å². The van der Waals surface area contributed by atoms with Crippen molar-refractivity contribution in [3.8, 4) is 5.75 Å². The third-order valence-corrected chi connectivity index (χ3v) is 8.97. The number of anilines is 1. The van der Waals surface area contributed by atoms with Crippen molar-refractivity contribution in [1.29, 1.82) is 0 Å². The Hall–Kier alpha value is -3.35. The van der Waals surface area contributed by atoms with Gasteiger partial charge in [-0.15, -0.1) is 0 Å². The minimum Gasteiger partial charge on any atom is -0.490 e. The van der Waals surface area contributed by atoms with Crippen molar-refractivity contribution in [2.45, 2.75) is 83.1 Å². The fourth-order valence-electron chi connectivity index (χ4n) is 4.97. The van der Waals surface area contributed by atoms with Gasteiger partial charge in [0.05, 0.1) is 35.3 Å². The van der Waals surface area contributed by atoms with Crippen molar-refractivity contribution < 1.29 is 32.6 Å². The van der Waals surface area contributed by atoms with E-state index in [1.54, 1.807) is 54.1 Å². The summed E-state index contributed by atoms with van der Waals surface area (Å²) in [5.41, 5.74) is 0.391. The molecule has 0 aliphatic carbocycles. The molecule has 0 unspecified atom stereocenters. The van der Waals surface area contributed by atoms with E-state index in [0.717, 1.165) is 12.8 Å². The molecule has 1 aliphatic rings. The van der Waals surface area contributed by atoms with Crippen LogP contribution < -0.4 is 14.8 Å². The number of hydrogen-bond acceptors (Lipinski definition) is 7. The maximum Gasteiger partial charge on any atom is 0.317 e. The summed E-state index contributed by atoms with van der Waals surface area (Å²) < 4.78 is 41.2. The lowest BCUT2D eigenvalue weighted by atomic mass is 10.0. The highest BCUT2D eigenvalue weighted by atomic mass is 32.2. The molecule has 11 nitrogen and oxygen atoms in total. The monoisotopic (exact) mass is 632 g/mol. The lowest BCUT2D eigenvalue weighted by Gasteiger charge is -2.36. The van der Waals surface area contributed by atoms with Gasteiger partial charge in [0.2, 0.25) is 0 Å². The molecule has 3 N–H and O–H groups in total. The van der Waals surface area contributed by atoms with E-state index in [1.807, 2.05) is 27.7 Å². The Labute approximate surface area is 262 Å². The first-order valence-corrected chi connectivity index (χ1v) is 16.7. The lowest BCUT2D eigenvalue weighted by Crippen LogP contribution is -2.49. The van der Waals surface area contributed by atoms with Gasteiger partial charge in [0, 0.05) is 44.4 Å². The third kappa shape index (κ3) is 9.83. The van der Waals surface area contributed by atoms with Gasteiger partial charge in [-0.3, -0.25) is 9.52 Å². The quantitative estimate of drug-likeness (QED) is 0.394. The number of sulfonamides is 1. The molecule has 0 saturated carbocycles. The number of nitrogens with zero attached hydrogens (tertiary/aromatic N) is 2. The van der Waals surface area contributed by atoms with Gasteiger partial charge >= 0.3 is 6.03 Å². The van der Waals surface area contributed by atoms with Crippen molar-refractivity contribution >= 4 is 27.6 Å². The zero-order chi connectivity index (χ0) is 32.4. The SMILES string of the molecule is CC(C)NC(=O)N(C)C[C@H]1OCCCC[C@H](C)Oc2ccc(NS(=O)(=O)c3ccccc3)cc2C(=O)N([C@H](C)CO)C[C@H]1C. The van der Waals surface area contributed by atoms with Gasteiger partial charge in [0.15, 0.2) is 0 Å². The standard InChI is InChI=1S/C32H48N4O7S/c1-22(2)33-32(39)35(6)20-30-23(3)19-36(24(4)21-37)31(38)28-18-26(34-44(40,41)27-13-8-7-9-14-27)15-16-29(28)43-25(5)12-10-11-17-42-30/h7-9,13-16,18,22-25,30,34,37H,10-12,17,19-21H2,1-6H3,(H,33,39)/t23-,24-,25+,30-/m1/s1. The lowest BCUT2D eigenvalue weighted by molar-refractivity contribution is -0.0122. The summed E-state index contributed by atoms with van der Waals surface area (Å²) in [5, 5.41) is 13.0. The van der Waals surface area contributed by atoms with Crippen LogP contribution in [0.5, 0.6) is 5.75 Å².